The van der Waals surface area contributed by atoms with E-state index < -0.39 is 0 Å². The zero-order valence-electron chi connectivity index (χ0n) is 4.69. The van der Waals surface area contributed by atoms with Crippen LogP contribution < -0.4 is 0 Å². The number of hydrogen-bond acceptors (Lipinski definition) is 0. The van der Waals surface area contributed by atoms with Gasteiger partial charge in [-0.3, -0.25) is 0 Å². The molecule has 0 bridgehead atoms. The number of allylic oxidation sites excluding steroid dienone is 2. The van der Waals surface area contributed by atoms with Gasteiger partial charge in [0.15, 0.2) is 0 Å². The Balaban J connectivity index is 2.68. The van der Waals surface area contributed by atoms with Crippen LogP contribution in [0.2, 0.25) is 7.96 Å². The maximum atomic E-state index is 3.65. The molecule has 0 aromatic rings. The average molecular weight is 195 g/mol. The number of hydrogen-bond donors (Lipinski definition) is 0. The summed E-state index contributed by atoms with van der Waals surface area (Å²) in [6, 6.07) is 0. The van der Waals surface area contributed by atoms with Crippen LogP contribution in [0.5, 0.6) is 0 Å². The Morgan fingerprint density at radius 2 is 1.57 bits per heavy atom. The molecule has 0 rings (SSSR count). The van der Waals surface area contributed by atoms with Crippen LogP contribution in [-0.2, 0) is 24.2 Å². The standard InChI is InChI=1S/2C3H5.Cd/c2*1-3-2;/h2*3H,1-2H2;. The quantitative estimate of drug-likeness (QED) is 0.366. The maximum absolute atomic E-state index is 3.65. The van der Waals surface area contributed by atoms with Crippen LogP contribution in [0, 0.1) is 0 Å². The molecule has 0 amide bonds. The van der Waals surface area contributed by atoms with E-state index in [-0.39, 0.29) is 24.2 Å². The van der Waals surface area contributed by atoms with Crippen LogP contribution in [0.3, 0.4) is 0 Å². The molecule has 0 N–H and O–H groups in total. The van der Waals surface area contributed by atoms with Gasteiger partial charge in [0.2, 0.25) is 0 Å². The fourth-order valence-corrected chi connectivity index (χ4v) is 2.73. The third-order valence-corrected chi connectivity index (χ3v) is 5.48. The van der Waals surface area contributed by atoms with E-state index in [1.807, 2.05) is 12.2 Å². The van der Waals surface area contributed by atoms with Gasteiger partial charge in [-0.05, 0) is 0 Å². The molecule has 0 spiro atoms. The summed E-state index contributed by atoms with van der Waals surface area (Å²) >= 11 is -0.350. The molecule has 0 aromatic heterocycles. The number of rotatable bonds is 4. The molecule has 0 aromatic carbocycles. The summed E-state index contributed by atoms with van der Waals surface area (Å²) in [6.07, 6.45) is 4.05. The van der Waals surface area contributed by atoms with Gasteiger partial charge >= 0.3 is 57.5 Å². The van der Waals surface area contributed by atoms with Crippen molar-refractivity contribution < 1.29 is 24.2 Å². The topological polar surface area (TPSA) is 0 Å². The van der Waals surface area contributed by atoms with Crippen LogP contribution in [0.1, 0.15) is 0 Å². The molecular weight excluding hydrogens is 184 g/mol. The summed E-state index contributed by atoms with van der Waals surface area (Å²) in [4.78, 5) is 0. The first-order valence-corrected chi connectivity index (χ1v) is 8.34. The van der Waals surface area contributed by atoms with E-state index in [2.05, 4.69) is 13.2 Å². The van der Waals surface area contributed by atoms with Crippen molar-refractivity contribution in [3.05, 3.63) is 25.3 Å². The van der Waals surface area contributed by atoms with Gasteiger partial charge in [-0.25, -0.2) is 0 Å². The van der Waals surface area contributed by atoms with Crippen molar-refractivity contribution in [2.45, 2.75) is 7.96 Å². The second-order valence-corrected chi connectivity index (χ2v) is 6.82. The van der Waals surface area contributed by atoms with Crippen LogP contribution in [-0.4, -0.2) is 0 Å². The van der Waals surface area contributed by atoms with Gasteiger partial charge in [-0.1, -0.05) is 0 Å². The second-order valence-electron chi connectivity index (χ2n) is 1.51. The molecule has 0 aliphatic carbocycles. The molecule has 0 saturated carbocycles. The summed E-state index contributed by atoms with van der Waals surface area (Å²) < 4.78 is 2.65. The predicted molar refractivity (Wildman–Crippen MR) is 30.0 cm³/mol. The Kier molecular flexibility index (Phi) is 6.77. The van der Waals surface area contributed by atoms with E-state index in [1.165, 1.54) is 7.96 Å². The zero-order chi connectivity index (χ0) is 5.54. The van der Waals surface area contributed by atoms with Crippen molar-refractivity contribution in [1.82, 2.24) is 0 Å². The predicted octanol–water partition coefficient (Wildman–Crippen LogP) is 2.28. The van der Waals surface area contributed by atoms with Gasteiger partial charge in [0.25, 0.3) is 0 Å². The van der Waals surface area contributed by atoms with Crippen molar-refractivity contribution in [1.29, 1.82) is 0 Å². The van der Waals surface area contributed by atoms with Gasteiger partial charge in [-0.2, -0.15) is 0 Å². The fraction of sp³-hybridized carbons (Fsp3) is 0.333. The summed E-state index contributed by atoms with van der Waals surface area (Å²) in [5.74, 6) is 0. The molecule has 0 saturated heterocycles. The van der Waals surface area contributed by atoms with E-state index in [4.69, 9.17) is 0 Å². The monoisotopic (exact) mass is 196 g/mol. The summed E-state index contributed by atoms with van der Waals surface area (Å²) in [6.45, 7) is 7.30. The van der Waals surface area contributed by atoms with Gasteiger partial charge in [0, 0.05) is 0 Å². The molecule has 0 atom stereocenters. The van der Waals surface area contributed by atoms with Crippen LogP contribution >= 0.6 is 0 Å². The van der Waals surface area contributed by atoms with E-state index in [0.717, 1.165) is 0 Å². The first-order valence-electron chi connectivity index (χ1n) is 2.63. The first kappa shape index (κ1) is 7.40. The molecule has 1 heteroatoms. The van der Waals surface area contributed by atoms with Gasteiger partial charge in [0.1, 0.15) is 0 Å². The fourth-order valence-electron chi connectivity index (χ4n) is 0.407. The van der Waals surface area contributed by atoms with Crippen LogP contribution in [0.15, 0.2) is 25.3 Å². The van der Waals surface area contributed by atoms with Crippen molar-refractivity contribution in [2.75, 3.05) is 0 Å². The Hall–Kier alpha value is 0.402. The third-order valence-electron chi connectivity index (χ3n) is 0.816. The molecule has 36 valence electrons. The minimum absolute atomic E-state index is 0.350. The van der Waals surface area contributed by atoms with E-state index in [1.54, 1.807) is 0 Å². The zero-order valence-corrected chi connectivity index (χ0v) is 8.73. The molecular formula is C6H10Cd. The van der Waals surface area contributed by atoms with Crippen molar-refractivity contribution >= 4 is 0 Å². The Labute approximate surface area is 57.5 Å². The van der Waals surface area contributed by atoms with E-state index >= 15 is 0 Å². The Bertz CT molecular complexity index is 49.2. The molecule has 0 aliphatic rings. The van der Waals surface area contributed by atoms with Gasteiger partial charge in [-0.15, -0.1) is 0 Å². The van der Waals surface area contributed by atoms with Crippen molar-refractivity contribution in [3.63, 3.8) is 0 Å². The van der Waals surface area contributed by atoms with E-state index in [0.29, 0.717) is 0 Å². The molecule has 0 radical (unpaired) electrons. The molecule has 0 heterocycles. The second kappa shape index (κ2) is 6.40. The molecule has 0 unspecified atom stereocenters. The molecule has 0 aliphatic heterocycles. The third kappa shape index (κ3) is 6.40. The van der Waals surface area contributed by atoms with Crippen molar-refractivity contribution in [2.24, 2.45) is 0 Å². The van der Waals surface area contributed by atoms with Crippen molar-refractivity contribution in [3.8, 4) is 0 Å². The normalized spacial score (nSPS) is 6.86. The Morgan fingerprint density at radius 1 is 1.14 bits per heavy atom. The minimum atomic E-state index is -0.350. The van der Waals surface area contributed by atoms with Crippen LogP contribution in [0.25, 0.3) is 0 Å². The summed E-state index contributed by atoms with van der Waals surface area (Å²) in [5.41, 5.74) is 0. The molecule has 7 heavy (non-hydrogen) atoms. The summed E-state index contributed by atoms with van der Waals surface area (Å²) in [5, 5.41) is 0. The first-order chi connectivity index (χ1) is 3.41. The van der Waals surface area contributed by atoms with Gasteiger partial charge in [0.05, 0.1) is 0 Å². The summed E-state index contributed by atoms with van der Waals surface area (Å²) in [7, 11) is 0. The Morgan fingerprint density at radius 3 is 1.86 bits per heavy atom. The molecule has 0 nitrogen and oxygen atoms in total. The van der Waals surface area contributed by atoms with Gasteiger partial charge < -0.3 is 0 Å². The average Bonchev–Trinajstić information content (AvgIpc) is 1.69. The molecule has 0 fully saturated rings. The van der Waals surface area contributed by atoms with E-state index in [9.17, 15) is 0 Å². The van der Waals surface area contributed by atoms with Crippen LogP contribution in [0.4, 0.5) is 0 Å². The SMILES string of the molecule is C=C[CH2][Cd][CH2]C=C.